The molecule has 2 rings (SSSR count). The van der Waals surface area contributed by atoms with E-state index in [9.17, 15) is 9.59 Å². The van der Waals surface area contributed by atoms with E-state index >= 15 is 0 Å². The van der Waals surface area contributed by atoms with Crippen LogP contribution >= 0.6 is 0 Å². The van der Waals surface area contributed by atoms with Gasteiger partial charge < -0.3 is 10.1 Å². The van der Waals surface area contributed by atoms with E-state index in [2.05, 4.69) is 4.98 Å². The topological polar surface area (TPSA) is 70.2 Å². The number of ketones is 1. The van der Waals surface area contributed by atoms with Crippen LogP contribution < -0.4 is 29.6 Å². The molecule has 0 amide bonds. The minimum atomic E-state index is -0.864. The first-order valence-corrected chi connectivity index (χ1v) is 5.49. The van der Waals surface area contributed by atoms with Crippen LogP contribution in [0.15, 0.2) is 30.5 Å². The molecule has 0 aliphatic rings. The van der Waals surface area contributed by atoms with Gasteiger partial charge in [-0.2, -0.15) is 0 Å². The average Bonchev–Trinajstić information content (AvgIpc) is 2.72. The van der Waals surface area contributed by atoms with Gasteiger partial charge >= 0.3 is 35.5 Å². The van der Waals surface area contributed by atoms with Crippen LogP contribution in [0.2, 0.25) is 0 Å². The third-order valence-corrected chi connectivity index (χ3v) is 2.68. The molecule has 4 nitrogen and oxygen atoms in total. The molecule has 0 aliphatic heterocycles. The van der Waals surface area contributed by atoms with E-state index in [0.29, 0.717) is 12.0 Å². The van der Waals surface area contributed by atoms with Crippen molar-refractivity contribution >= 4 is 22.7 Å². The summed E-state index contributed by atoms with van der Waals surface area (Å²) >= 11 is 0. The summed E-state index contributed by atoms with van der Waals surface area (Å²) in [6.45, 7) is 0. The summed E-state index contributed by atoms with van der Waals surface area (Å²) in [6.07, 6.45) is 2.38. The molecule has 0 atom stereocenters. The predicted octanol–water partition coefficient (Wildman–Crippen LogP) is -0.391. The number of aromatic amines is 1. The number of fused-ring (bicyclic) bond motifs is 1. The van der Waals surface area contributed by atoms with Crippen LogP contribution in [0.25, 0.3) is 10.9 Å². The number of para-hydroxylation sites is 1. The van der Waals surface area contributed by atoms with Gasteiger partial charge in [-0.25, -0.2) is 0 Å². The van der Waals surface area contributed by atoms with Gasteiger partial charge in [0.2, 0.25) is 0 Å². The number of carboxylic acid groups (broad SMARTS) is 1. The number of hydrogen-bond acceptors (Lipinski definition) is 2. The summed E-state index contributed by atoms with van der Waals surface area (Å²) in [5, 5.41) is 9.41. The predicted molar refractivity (Wildman–Crippen MR) is 64.1 cm³/mol. The van der Waals surface area contributed by atoms with Gasteiger partial charge in [-0.15, -0.1) is 0 Å². The fourth-order valence-corrected chi connectivity index (χ4v) is 1.84. The normalized spacial score (nSPS) is 10.0. The number of aliphatic carboxylic acids is 1. The summed E-state index contributed by atoms with van der Waals surface area (Å²) in [6, 6.07) is 7.57. The SMILES string of the molecule is O=C(O)CCCC(=O)c1c[nH]c2ccccc12.[Na+]. The molecule has 0 spiro atoms. The maximum atomic E-state index is 11.9. The van der Waals surface area contributed by atoms with Crippen LogP contribution in [0.5, 0.6) is 0 Å². The molecule has 0 bridgehead atoms. The van der Waals surface area contributed by atoms with E-state index in [1.807, 2.05) is 24.3 Å². The monoisotopic (exact) mass is 254 g/mol. The van der Waals surface area contributed by atoms with Gasteiger partial charge in [0.25, 0.3) is 0 Å². The number of carbonyl (C=O) groups is 2. The summed E-state index contributed by atoms with van der Waals surface area (Å²) in [7, 11) is 0. The number of hydrogen-bond donors (Lipinski definition) is 2. The molecule has 0 saturated heterocycles. The van der Waals surface area contributed by atoms with Gasteiger partial charge in [0.15, 0.2) is 5.78 Å². The Labute approximate surface area is 127 Å². The number of H-pyrrole nitrogens is 1. The second kappa shape index (κ2) is 6.73. The van der Waals surface area contributed by atoms with E-state index in [1.165, 1.54) is 0 Å². The van der Waals surface area contributed by atoms with Crippen molar-refractivity contribution in [3.63, 3.8) is 0 Å². The Morgan fingerprint density at radius 2 is 1.89 bits per heavy atom. The molecule has 0 unspecified atom stereocenters. The van der Waals surface area contributed by atoms with E-state index in [-0.39, 0.29) is 48.2 Å². The maximum Gasteiger partial charge on any atom is 1.00 e. The van der Waals surface area contributed by atoms with E-state index in [0.717, 1.165) is 10.9 Å². The molecule has 0 radical (unpaired) electrons. The van der Waals surface area contributed by atoms with Gasteiger partial charge in [0.1, 0.15) is 0 Å². The third kappa shape index (κ3) is 3.45. The Balaban J connectivity index is 0.00000162. The Bertz CT molecular complexity index is 562. The minimum Gasteiger partial charge on any atom is -0.481 e. The number of benzene rings is 1. The van der Waals surface area contributed by atoms with Crippen LogP contribution in [0.3, 0.4) is 0 Å². The van der Waals surface area contributed by atoms with Crippen LogP contribution in [-0.4, -0.2) is 21.8 Å². The largest absolute Gasteiger partial charge is 1.00 e. The van der Waals surface area contributed by atoms with Gasteiger partial charge in [-0.1, -0.05) is 18.2 Å². The smallest absolute Gasteiger partial charge is 0.481 e. The second-order valence-corrected chi connectivity index (χ2v) is 3.92. The van der Waals surface area contributed by atoms with Crippen molar-refractivity contribution in [3.8, 4) is 0 Å². The molecule has 2 N–H and O–H groups in total. The van der Waals surface area contributed by atoms with Crippen LogP contribution in [0, 0.1) is 0 Å². The Kier molecular flexibility index (Phi) is 5.59. The fraction of sp³-hybridized carbons (Fsp3) is 0.231. The molecule has 5 heteroatoms. The van der Waals surface area contributed by atoms with Crippen molar-refractivity contribution in [2.45, 2.75) is 19.3 Å². The quantitative estimate of drug-likeness (QED) is 0.564. The van der Waals surface area contributed by atoms with Crippen molar-refractivity contribution in [3.05, 3.63) is 36.0 Å². The number of nitrogens with one attached hydrogen (secondary N) is 1. The van der Waals surface area contributed by atoms with Crippen molar-refractivity contribution in [2.75, 3.05) is 0 Å². The van der Waals surface area contributed by atoms with Crippen molar-refractivity contribution in [1.82, 2.24) is 4.98 Å². The number of carbonyl (C=O) groups excluding carboxylic acids is 1. The Morgan fingerprint density at radius 1 is 1.17 bits per heavy atom. The molecule has 0 aliphatic carbocycles. The van der Waals surface area contributed by atoms with Gasteiger partial charge in [0, 0.05) is 35.5 Å². The second-order valence-electron chi connectivity index (χ2n) is 3.92. The molecule has 1 heterocycles. The van der Waals surface area contributed by atoms with Gasteiger partial charge in [-0.3, -0.25) is 9.59 Å². The molecule has 2 aromatic rings. The molecule has 0 fully saturated rings. The van der Waals surface area contributed by atoms with Crippen molar-refractivity contribution in [1.29, 1.82) is 0 Å². The van der Waals surface area contributed by atoms with Crippen molar-refractivity contribution < 1.29 is 44.3 Å². The number of Topliss-reactive ketones (excluding diaryl/α,β-unsaturated/α-hetero) is 1. The molecule has 0 saturated carbocycles. The molecule has 1 aromatic heterocycles. The van der Waals surface area contributed by atoms with Crippen LogP contribution in [0.4, 0.5) is 0 Å². The number of aromatic nitrogens is 1. The molecular weight excluding hydrogens is 241 g/mol. The molecule has 1 aromatic carbocycles. The molecule has 18 heavy (non-hydrogen) atoms. The van der Waals surface area contributed by atoms with E-state index in [4.69, 9.17) is 5.11 Å². The average molecular weight is 254 g/mol. The van der Waals surface area contributed by atoms with Crippen LogP contribution in [-0.2, 0) is 4.79 Å². The van der Waals surface area contributed by atoms with Crippen molar-refractivity contribution in [2.24, 2.45) is 0 Å². The first-order chi connectivity index (χ1) is 8.18. The maximum absolute atomic E-state index is 11.9. The number of rotatable bonds is 5. The first-order valence-electron chi connectivity index (χ1n) is 5.49. The fourth-order valence-electron chi connectivity index (χ4n) is 1.84. The zero-order valence-corrected chi connectivity index (χ0v) is 12.3. The first kappa shape index (κ1) is 15.0. The van der Waals surface area contributed by atoms with Crippen LogP contribution in [0.1, 0.15) is 29.6 Å². The minimum absolute atomic E-state index is 0. The van der Waals surface area contributed by atoms with E-state index in [1.54, 1.807) is 6.20 Å². The summed E-state index contributed by atoms with van der Waals surface area (Å²) in [5.41, 5.74) is 1.57. The third-order valence-electron chi connectivity index (χ3n) is 2.68. The van der Waals surface area contributed by atoms with Gasteiger partial charge in [-0.05, 0) is 12.5 Å². The van der Waals surface area contributed by atoms with E-state index < -0.39 is 5.97 Å². The summed E-state index contributed by atoms with van der Waals surface area (Å²) in [4.78, 5) is 25.3. The molecule has 88 valence electrons. The Hall–Kier alpha value is -1.10. The summed E-state index contributed by atoms with van der Waals surface area (Å²) < 4.78 is 0. The summed E-state index contributed by atoms with van der Waals surface area (Å²) in [5.74, 6) is -0.875. The number of carboxylic acids is 1. The zero-order valence-electron chi connectivity index (χ0n) is 10.3. The zero-order chi connectivity index (χ0) is 12.3. The molecular formula is C13H13NNaO3+. The standard InChI is InChI=1S/C13H13NO3.Na/c15-12(6-3-7-13(16)17)10-8-14-11-5-2-1-4-9(10)11;/h1-2,4-5,8,14H,3,6-7H2,(H,16,17);/q;+1. The Morgan fingerprint density at radius 3 is 2.61 bits per heavy atom. The van der Waals surface area contributed by atoms with Gasteiger partial charge in [0.05, 0.1) is 0 Å².